The van der Waals surface area contributed by atoms with Crippen molar-refractivity contribution in [3.05, 3.63) is 32.4 Å². The molecule has 1 N–H and O–H groups in total. The summed E-state index contributed by atoms with van der Waals surface area (Å²) in [6.45, 7) is 1.69. The molecular formula is C14H14BrN5O2S. The van der Waals surface area contributed by atoms with Gasteiger partial charge >= 0.3 is 0 Å². The summed E-state index contributed by atoms with van der Waals surface area (Å²) in [5, 5.41) is 16.4. The Bertz CT molecular complexity index is 831. The van der Waals surface area contributed by atoms with Crippen LogP contribution in [0.1, 0.15) is 31.3 Å². The molecule has 0 saturated heterocycles. The van der Waals surface area contributed by atoms with Crippen molar-refractivity contribution in [2.45, 2.75) is 6.92 Å². The molecule has 0 atom stereocenters. The minimum absolute atomic E-state index is 0.205. The van der Waals surface area contributed by atoms with Crippen LogP contribution in [-0.2, 0) is 7.05 Å². The molecule has 0 aliphatic rings. The summed E-state index contributed by atoms with van der Waals surface area (Å²) in [6.07, 6.45) is 1.65. The van der Waals surface area contributed by atoms with E-state index in [1.807, 2.05) is 6.07 Å². The molecular weight excluding hydrogens is 382 g/mol. The maximum Gasteiger partial charge on any atom is 0.277 e. The van der Waals surface area contributed by atoms with E-state index in [1.165, 1.54) is 9.58 Å². The Morgan fingerprint density at radius 2 is 2.13 bits per heavy atom. The molecule has 0 saturated carbocycles. The first-order chi connectivity index (χ1) is 10.8. The lowest BCUT2D eigenvalue weighted by atomic mass is 10.1. The second kappa shape index (κ2) is 6.52. The third kappa shape index (κ3) is 3.28. The maximum absolute atomic E-state index is 12.3. The van der Waals surface area contributed by atoms with Crippen molar-refractivity contribution >= 4 is 44.1 Å². The van der Waals surface area contributed by atoms with Gasteiger partial charge in [0.2, 0.25) is 0 Å². The van der Waals surface area contributed by atoms with Crippen molar-refractivity contribution in [2.75, 3.05) is 19.4 Å². The molecule has 120 valence electrons. The van der Waals surface area contributed by atoms with Crippen LogP contribution in [0.2, 0.25) is 0 Å². The van der Waals surface area contributed by atoms with Crippen LogP contribution in [0.25, 0.3) is 0 Å². The highest BCUT2D eigenvalue weighted by Crippen LogP contribution is 2.33. The average Bonchev–Trinajstić information content (AvgIpc) is 2.97. The number of carbonyl (C=O) groups is 2. The van der Waals surface area contributed by atoms with Gasteiger partial charge in [0, 0.05) is 27.3 Å². The van der Waals surface area contributed by atoms with Crippen molar-refractivity contribution in [1.82, 2.24) is 14.7 Å². The molecule has 2 rings (SSSR count). The number of rotatable bonds is 3. The molecule has 0 aromatic carbocycles. The number of halogens is 1. The van der Waals surface area contributed by atoms with Gasteiger partial charge < -0.3 is 10.2 Å². The van der Waals surface area contributed by atoms with E-state index in [0.717, 1.165) is 11.3 Å². The molecule has 2 aromatic rings. The van der Waals surface area contributed by atoms with Crippen LogP contribution < -0.4 is 5.32 Å². The number of nitriles is 1. The van der Waals surface area contributed by atoms with Gasteiger partial charge in [0.25, 0.3) is 11.8 Å². The topological polar surface area (TPSA) is 91.0 Å². The van der Waals surface area contributed by atoms with Crippen LogP contribution in [0.5, 0.6) is 0 Å². The van der Waals surface area contributed by atoms with Gasteiger partial charge in [-0.1, -0.05) is 0 Å². The Morgan fingerprint density at radius 1 is 1.48 bits per heavy atom. The number of anilines is 1. The molecule has 0 radical (unpaired) electrons. The number of hydrogen-bond acceptors (Lipinski definition) is 5. The third-order valence-electron chi connectivity index (χ3n) is 3.09. The second-order valence-corrected chi connectivity index (χ2v) is 6.90. The minimum atomic E-state index is -0.445. The van der Waals surface area contributed by atoms with Crippen LogP contribution in [0.3, 0.4) is 0 Å². The number of nitrogens with one attached hydrogen (secondary N) is 1. The van der Waals surface area contributed by atoms with Gasteiger partial charge in [-0.25, -0.2) is 0 Å². The highest BCUT2D eigenvalue weighted by Gasteiger charge is 2.24. The Kier molecular flexibility index (Phi) is 4.87. The molecule has 0 bridgehead atoms. The van der Waals surface area contributed by atoms with E-state index in [1.54, 1.807) is 34.3 Å². The number of nitrogens with zero attached hydrogens (tertiary/aromatic N) is 4. The minimum Gasteiger partial charge on any atom is -0.344 e. The molecule has 0 spiro atoms. The molecule has 2 amide bonds. The van der Waals surface area contributed by atoms with Gasteiger partial charge in [-0.15, -0.1) is 11.3 Å². The first kappa shape index (κ1) is 17.2. The van der Waals surface area contributed by atoms with Crippen LogP contribution in [0.15, 0.2) is 10.7 Å². The van der Waals surface area contributed by atoms with Gasteiger partial charge in [0.05, 0.1) is 14.9 Å². The fourth-order valence-electron chi connectivity index (χ4n) is 1.92. The third-order valence-corrected chi connectivity index (χ3v) is 4.86. The fraction of sp³-hybridized carbons (Fsp3) is 0.286. The smallest absolute Gasteiger partial charge is 0.277 e. The van der Waals surface area contributed by atoms with Crippen molar-refractivity contribution < 1.29 is 9.59 Å². The predicted octanol–water partition coefficient (Wildman–Crippen LogP) is 2.38. The first-order valence-electron chi connectivity index (χ1n) is 6.51. The van der Waals surface area contributed by atoms with E-state index >= 15 is 0 Å². The zero-order chi connectivity index (χ0) is 17.3. The van der Waals surface area contributed by atoms with Crippen molar-refractivity contribution in [3.63, 3.8) is 0 Å². The quantitative estimate of drug-likeness (QED) is 0.863. The summed E-state index contributed by atoms with van der Waals surface area (Å²) in [4.78, 5) is 26.3. The average molecular weight is 396 g/mol. The molecule has 9 heteroatoms. The number of hydrogen-bond donors (Lipinski definition) is 1. The number of aryl methyl sites for hydroxylation is 1. The van der Waals surface area contributed by atoms with Crippen molar-refractivity contribution in [1.29, 1.82) is 5.26 Å². The number of carbonyl (C=O) groups excluding carboxylic acids is 2. The predicted molar refractivity (Wildman–Crippen MR) is 90.6 cm³/mol. The van der Waals surface area contributed by atoms with Gasteiger partial charge in [-0.2, -0.15) is 10.4 Å². The number of aromatic nitrogens is 2. The Balaban J connectivity index is 2.39. The summed E-state index contributed by atoms with van der Waals surface area (Å²) in [7, 11) is 4.97. The summed E-state index contributed by atoms with van der Waals surface area (Å²) >= 11 is 4.35. The van der Waals surface area contributed by atoms with Crippen LogP contribution in [0, 0.1) is 18.3 Å². The SMILES string of the molecule is Cc1c(C(=O)N(C)C)sc(NC(=O)c2nn(C)cc2Br)c1C#N. The Hall–Kier alpha value is -2.18. The van der Waals surface area contributed by atoms with E-state index in [4.69, 9.17) is 0 Å². The summed E-state index contributed by atoms with van der Waals surface area (Å²) in [5.41, 5.74) is 1.06. The van der Waals surface area contributed by atoms with Crippen molar-refractivity contribution in [3.8, 4) is 6.07 Å². The molecule has 23 heavy (non-hydrogen) atoms. The summed E-state index contributed by atoms with van der Waals surface area (Å²) in [6, 6.07) is 2.04. The molecule has 2 heterocycles. The number of amides is 2. The highest BCUT2D eigenvalue weighted by molar-refractivity contribution is 9.10. The molecule has 0 aliphatic carbocycles. The standard InChI is InChI=1S/C14H14BrN5O2S/c1-7-8(5-16)13(23-11(7)14(22)19(2)3)17-12(21)10-9(15)6-20(4)18-10/h6H,1-4H3,(H,17,21). The fourth-order valence-corrected chi connectivity index (χ4v) is 3.65. The second-order valence-electron chi connectivity index (χ2n) is 5.03. The van der Waals surface area contributed by atoms with Crippen LogP contribution in [0.4, 0.5) is 5.00 Å². The van der Waals surface area contributed by atoms with Gasteiger partial charge in [0.15, 0.2) is 5.69 Å². The van der Waals surface area contributed by atoms with Gasteiger partial charge in [-0.3, -0.25) is 14.3 Å². The van der Waals surface area contributed by atoms with Gasteiger partial charge in [0.1, 0.15) is 11.1 Å². The molecule has 0 aliphatic heterocycles. The van der Waals surface area contributed by atoms with E-state index in [2.05, 4.69) is 26.3 Å². The lowest BCUT2D eigenvalue weighted by Crippen LogP contribution is -2.21. The Labute approximate surface area is 145 Å². The van der Waals surface area contributed by atoms with Crippen LogP contribution >= 0.6 is 27.3 Å². The number of thiophene rings is 1. The van der Waals surface area contributed by atoms with E-state index in [-0.39, 0.29) is 11.6 Å². The molecule has 0 unspecified atom stereocenters. The maximum atomic E-state index is 12.3. The van der Waals surface area contributed by atoms with Crippen LogP contribution in [-0.4, -0.2) is 40.6 Å². The monoisotopic (exact) mass is 395 g/mol. The zero-order valence-corrected chi connectivity index (χ0v) is 15.4. The van der Waals surface area contributed by atoms with E-state index in [0.29, 0.717) is 25.5 Å². The summed E-state index contributed by atoms with van der Waals surface area (Å²) < 4.78 is 2.05. The normalized spacial score (nSPS) is 10.3. The summed E-state index contributed by atoms with van der Waals surface area (Å²) in [5.74, 6) is -0.650. The van der Waals surface area contributed by atoms with Gasteiger partial charge in [-0.05, 0) is 28.4 Å². The van der Waals surface area contributed by atoms with E-state index < -0.39 is 5.91 Å². The first-order valence-corrected chi connectivity index (χ1v) is 8.12. The molecule has 0 fully saturated rings. The molecule has 2 aromatic heterocycles. The lowest BCUT2D eigenvalue weighted by molar-refractivity contribution is 0.0831. The zero-order valence-electron chi connectivity index (χ0n) is 13.0. The van der Waals surface area contributed by atoms with Crippen molar-refractivity contribution in [2.24, 2.45) is 7.05 Å². The highest BCUT2D eigenvalue weighted by atomic mass is 79.9. The van der Waals surface area contributed by atoms with E-state index in [9.17, 15) is 14.9 Å². The molecule has 7 nitrogen and oxygen atoms in total. The largest absolute Gasteiger partial charge is 0.344 e. The lowest BCUT2D eigenvalue weighted by Gasteiger charge is -2.08. The Morgan fingerprint density at radius 3 is 2.61 bits per heavy atom.